The Morgan fingerprint density at radius 2 is 2.33 bits per heavy atom. The Labute approximate surface area is 104 Å². The first-order valence-electron chi connectivity index (χ1n) is 5.38. The molecule has 2 aromatic heterocycles. The molecule has 2 heterocycles. The van der Waals surface area contributed by atoms with Crippen molar-refractivity contribution in [2.75, 3.05) is 13.7 Å². The molecule has 7 nitrogen and oxygen atoms in total. The average Bonchev–Trinajstić information content (AvgIpc) is 2.87. The number of nitrogens with zero attached hydrogens (tertiary/aromatic N) is 4. The van der Waals surface area contributed by atoms with Crippen molar-refractivity contribution < 1.29 is 9.53 Å². The first-order chi connectivity index (χ1) is 8.74. The topological polar surface area (TPSA) is 95.9 Å². The molecular formula is C11H13N5O2. The molecule has 0 aliphatic rings. The number of ether oxygens (including phenoxy) is 1. The van der Waals surface area contributed by atoms with Gasteiger partial charge in [-0.2, -0.15) is 0 Å². The van der Waals surface area contributed by atoms with Crippen LogP contribution in [0.3, 0.4) is 0 Å². The van der Waals surface area contributed by atoms with E-state index >= 15 is 0 Å². The summed E-state index contributed by atoms with van der Waals surface area (Å²) in [6, 6.07) is 1.61. The highest BCUT2D eigenvalue weighted by atomic mass is 16.5. The molecule has 2 rings (SSSR count). The fourth-order valence-corrected chi connectivity index (χ4v) is 1.45. The summed E-state index contributed by atoms with van der Waals surface area (Å²) in [7, 11) is 1.52. The van der Waals surface area contributed by atoms with E-state index in [0.717, 1.165) is 0 Å². The first kappa shape index (κ1) is 12.2. The fourth-order valence-electron chi connectivity index (χ4n) is 1.45. The molecule has 2 N–H and O–H groups in total. The van der Waals surface area contributed by atoms with Gasteiger partial charge in [0.25, 0.3) is 0 Å². The van der Waals surface area contributed by atoms with E-state index in [0.29, 0.717) is 24.4 Å². The monoisotopic (exact) mass is 247 g/mol. The van der Waals surface area contributed by atoms with Crippen molar-refractivity contribution in [2.45, 2.75) is 6.54 Å². The van der Waals surface area contributed by atoms with Gasteiger partial charge >= 0.3 is 0 Å². The molecule has 94 valence electrons. The molecular weight excluding hydrogens is 234 g/mol. The molecule has 18 heavy (non-hydrogen) atoms. The van der Waals surface area contributed by atoms with Crippen molar-refractivity contribution in [2.24, 2.45) is 5.73 Å². The molecule has 2 aromatic rings. The quantitative estimate of drug-likeness (QED) is 0.739. The van der Waals surface area contributed by atoms with Crippen LogP contribution in [0.4, 0.5) is 0 Å². The minimum Gasteiger partial charge on any atom is -0.495 e. The second-order valence-corrected chi connectivity index (χ2v) is 3.60. The van der Waals surface area contributed by atoms with Crippen LogP contribution in [0.15, 0.2) is 24.7 Å². The predicted molar refractivity (Wildman–Crippen MR) is 63.3 cm³/mol. The molecule has 0 aliphatic carbocycles. The van der Waals surface area contributed by atoms with Gasteiger partial charge in [0.05, 0.1) is 26.0 Å². The third-order valence-corrected chi connectivity index (χ3v) is 2.34. The summed E-state index contributed by atoms with van der Waals surface area (Å²) in [5, 5.41) is 7.62. The molecule has 0 unspecified atom stereocenters. The summed E-state index contributed by atoms with van der Waals surface area (Å²) in [5.41, 5.74) is 6.07. The molecule has 0 saturated heterocycles. The van der Waals surface area contributed by atoms with Gasteiger partial charge in [0.2, 0.25) is 5.78 Å². The van der Waals surface area contributed by atoms with Gasteiger partial charge in [-0.25, -0.2) is 0 Å². The Bertz CT molecular complexity index is 552. The largest absolute Gasteiger partial charge is 0.495 e. The van der Waals surface area contributed by atoms with Crippen LogP contribution < -0.4 is 10.5 Å². The number of carbonyl (C=O) groups excluding carboxylic acids is 1. The lowest BCUT2D eigenvalue weighted by molar-refractivity contribution is 0.103. The van der Waals surface area contributed by atoms with E-state index < -0.39 is 0 Å². The van der Waals surface area contributed by atoms with Crippen LogP contribution in [0.2, 0.25) is 0 Å². The summed E-state index contributed by atoms with van der Waals surface area (Å²) < 4.78 is 6.54. The highest BCUT2D eigenvalue weighted by Gasteiger charge is 2.14. The van der Waals surface area contributed by atoms with E-state index in [1.54, 1.807) is 12.3 Å². The lowest BCUT2D eigenvalue weighted by Crippen LogP contribution is -2.10. The molecule has 0 saturated carbocycles. The number of pyridine rings is 1. The summed E-state index contributed by atoms with van der Waals surface area (Å²) in [5.74, 6) is 0.278. The summed E-state index contributed by atoms with van der Waals surface area (Å²) >= 11 is 0. The molecule has 0 fully saturated rings. The van der Waals surface area contributed by atoms with Crippen molar-refractivity contribution in [1.29, 1.82) is 0 Å². The van der Waals surface area contributed by atoms with E-state index in [2.05, 4.69) is 15.3 Å². The van der Waals surface area contributed by atoms with Crippen molar-refractivity contribution in [3.63, 3.8) is 0 Å². The normalized spacial score (nSPS) is 10.3. The SMILES string of the molecule is COc1cncc(C(=O)c2cn(CCN)nn2)c1. The lowest BCUT2D eigenvalue weighted by Gasteiger charge is -2.00. The maximum Gasteiger partial charge on any atom is 0.216 e. The minimum atomic E-state index is -0.246. The fraction of sp³-hybridized carbons (Fsp3) is 0.273. The second-order valence-electron chi connectivity index (χ2n) is 3.60. The second kappa shape index (κ2) is 5.37. The van der Waals surface area contributed by atoms with Gasteiger partial charge in [-0.3, -0.25) is 14.5 Å². The van der Waals surface area contributed by atoms with Crippen LogP contribution in [-0.4, -0.2) is 39.4 Å². The van der Waals surface area contributed by atoms with Gasteiger partial charge in [0, 0.05) is 18.3 Å². The molecule has 0 aliphatic heterocycles. The van der Waals surface area contributed by atoms with Crippen molar-refractivity contribution in [3.8, 4) is 5.75 Å². The minimum absolute atomic E-state index is 0.246. The Morgan fingerprint density at radius 3 is 3.06 bits per heavy atom. The van der Waals surface area contributed by atoms with E-state index in [1.807, 2.05) is 0 Å². The lowest BCUT2D eigenvalue weighted by atomic mass is 10.1. The number of aromatic nitrogens is 4. The zero-order valence-corrected chi connectivity index (χ0v) is 9.91. The summed E-state index contributed by atoms with van der Waals surface area (Å²) in [6.07, 6.45) is 4.56. The van der Waals surface area contributed by atoms with Gasteiger partial charge in [-0.05, 0) is 6.07 Å². The van der Waals surface area contributed by atoms with Gasteiger partial charge in [0.15, 0.2) is 5.69 Å². The predicted octanol–water partition coefficient (Wildman–Crippen LogP) is -0.129. The highest BCUT2D eigenvalue weighted by Crippen LogP contribution is 2.13. The van der Waals surface area contributed by atoms with Gasteiger partial charge in [-0.1, -0.05) is 5.21 Å². The first-order valence-corrected chi connectivity index (χ1v) is 5.38. The van der Waals surface area contributed by atoms with Gasteiger partial charge in [0.1, 0.15) is 5.75 Å². The van der Waals surface area contributed by atoms with Crippen LogP contribution in [0.5, 0.6) is 5.75 Å². The van der Waals surface area contributed by atoms with Crippen LogP contribution in [0.1, 0.15) is 16.1 Å². The van der Waals surface area contributed by atoms with Crippen molar-refractivity contribution >= 4 is 5.78 Å². The number of rotatable bonds is 5. The Hall–Kier alpha value is -2.28. The van der Waals surface area contributed by atoms with E-state index in [-0.39, 0.29) is 11.5 Å². The van der Waals surface area contributed by atoms with Gasteiger partial charge in [-0.15, -0.1) is 5.10 Å². The number of ketones is 1. The molecule has 0 atom stereocenters. The number of hydrogen-bond acceptors (Lipinski definition) is 6. The molecule has 0 bridgehead atoms. The molecule has 0 aromatic carbocycles. The maximum atomic E-state index is 12.1. The smallest absolute Gasteiger partial charge is 0.216 e. The average molecular weight is 247 g/mol. The molecule has 0 radical (unpaired) electrons. The third kappa shape index (κ3) is 2.51. The Kier molecular flexibility index (Phi) is 3.63. The molecule has 0 spiro atoms. The van der Waals surface area contributed by atoms with Crippen LogP contribution in [-0.2, 0) is 6.54 Å². The van der Waals surface area contributed by atoms with Crippen LogP contribution in [0, 0.1) is 0 Å². The number of carbonyl (C=O) groups is 1. The highest BCUT2D eigenvalue weighted by molar-refractivity contribution is 6.07. The van der Waals surface area contributed by atoms with Gasteiger partial charge < -0.3 is 10.5 Å². The van der Waals surface area contributed by atoms with E-state index in [4.69, 9.17) is 10.5 Å². The summed E-state index contributed by atoms with van der Waals surface area (Å²) in [6.45, 7) is 0.967. The zero-order chi connectivity index (χ0) is 13.0. The maximum absolute atomic E-state index is 12.1. The Balaban J connectivity index is 2.23. The third-order valence-electron chi connectivity index (χ3n) is 2.34. The standard InChI is InChI=1S/C11H13N5O2/c1-18-9-4-8(5-13-6-9)11(17)10-7-16(3-2-12)15-14-10/h4-7H,2-3,12H2,1H3. The molecule has 0 amide bonds. The Morgan fingerprint density at radius 1 is 1.50 bits per heavy atom. The number of nitrogens with two attached hydrogens (primary N) is 1. The van der Waals surface area contributed by atoms with Crippen LogP contribution >= 0.6 is 0 Å². The van der Waals surface area contributed by atoms with Crippen molar-refractivity contribution in [3.05, 3.63) is 35.9 Å². The molecule has 7 heteroatoms. The zero-order valence-electron chi connectivity index (χ0n) is 9.91. The van der Waals surface area contributed by atoms with Crippen LogP contribution in [0.25, 0.3) is 0 Å². The van der Waals surface area contributed by atoms with Crippen molar-refractivity contribution in [1.82, 2.24) is 20.0 Å². The van der Waals surface area contributed by atoms with E-state index in [9.17, 15) is 4.79 Å². The summed E-state index contributed by atoms with van der Waals surface area (Å²) in [4.78, 5) is 16.0. The number of hydrogen-bond donors (Lipinski definition) is 1. The number of methoxy groups -OCH3 is 1. The van der Waals surface area contributed by atoms with E-state index in [1.165, 1.54) is 24.2 Å².